The molecule has 1 saturated heterocycles. The van der Waals surface area contributed by atoms with E-state index in [1.165, 1.54) is 6.07 Å². The fourth-order valence-electron chi connectivity index (χ4n) is 2.12. The van der Waals surface area contributed by atoms with Gasteiger partial charge < -0.3 is 15.4 Å². The van der Waals surface area contributed by atoms with E-state index in [-0.39, 0.29) is 0 Å². The molecule has 110 valence electrons. The van der Waals surface area contributed by atoms with Gasteiger partial charge in [-0.25, -0.2) is 4.79 Å². The van der Waals surface area contributed by atoms with E-state index in [9.17, 15) is 4.79 Å². The zero-order chi connectivity index (χ0) is 14.5. The van der Waals surface area contributed by atoms with Gasteiger partial charge in [-0.2, -0.15) is 0 Å². The van der Waals surface area contributed by atoms with E-state index >= 15 is 0 Å². The van der Waals surface area contributed by atoms with Crippen molar-refractivity contribution in [1.82, 2.24) is 9.80 Å². The summed E-state index contributed by atoms with van der Waals surface area (Å²) in [6.45, 7) is 5.24. The third-order valence-electron chi connectivity index (χ3n) is 3.47. The van der Waals surface area contributed by atoms with Gasteiger partial charge in [0.25, 0.3) is 0 Å². The van der Waals surface area contributed by atoms with Crippen LogP contribution in [0.1, 0.15) is 10.4 Å². The highest BCUT2D eigenvalue weighted by atomic mass is 35.5. The number of halogens is 1. The Hall–Kier alpha value is -1.30. The molecule has 0 aromatic heterocycles. The van der Waals surface area contributed by atoms with Crippen molar-refractivity contribution in [2.45, 2.75) is 0 Å². The largest absolute Gasteiger partial charge is 0.461 e. The maximum atomic E-state index is 11.9. The highest BCUT2D eigenvalue weighted by molar-refractivity contribution is 6.31. The molecule has 0 atom stereocenters. The first kappa shape index (κ1) is 15.1. The molecular weight excluding hydrogens is 278 g/mol. The van der Waals surface area contributed by atoms with Gasteiger partial charge >= 0.3 is 5.97 Å². The number of anilines is 1. The molecule has 0 saturated carbocycles. The monoisotopic (exact) mass is 297 g/mol. The first-order chi connectivity index (χ1) is 9.56. The van der Waals surface area contributed by atoms with Gasteiger partial charge in [0, 0.05) is 43.4 Å². The van der Waals surface area contributed by atoms with Crippen molar-refractivity contribution in [3.8, 4) is 0 Å². The van der Waals surface area contributed by atoms with Crippen LogP contribution in [0.2, 0.25) is 5.02 Å². The molecule has 2 rings (SSSR count). The van der Waals surface area contributed by atoms with Crippen LogP contribution in [0, 0.1) is 0 Å². The number of rotatable bonds is 4. The molecule has 0 spiro atoms. The van der Waals surface area contributed by atoms with E-state index in [4.69, 9.17) is 22.1 Å². The second-order valence-corrected chi connectivity index (χ2v) is 5.45. The number of hydrogen-bond donors (Lipinski definition) is 1. The summed E-state index contributed by atoms with van der Waals surface area (Å²) in [7, 11) is 2.11. The Kier molecular flexibility index (Phi) is 5.23. The average molecular weight is 298 g/mol. The quantitative estimate of drug-likeness (QED) is 0.671. The van der Waals surface area contributed by atoms with Gasteiger partial charge in [0.05, 0.1) is 5.56 Å². The van der Waals surface area contributed by atoms with Crippen molar-refractivity contribution in [1.29, 1.82) is 0 Å². The zero-order valence-corrected chi connectivity index (χ0v) is 12.4. The van der Waals surface area contributed by atoms with Crippen LogP contribution in [0.15, 0.2) is 18.2 Å². The van der Waals surface area contributed by atoms with Crippen LogP contribution in [0.5, 0.6) is 0 Å². The number of esters is 1. The molecule has 0 radical (unpaired) electrons. The highest BCUT2D eigenvalue weighted by Gasteiger charge is 2.15. The maximum absolute atomic E-state index is 11.9. The minimum atomic E-state index is -0.417. The summed E-state index contributed by atoms with van der Waals surface area (Å²) in [5.74, 6) is -0.417. The van der Waals surface area contributed by atoms with Crippen molar-refractivity contribution in [3.05, 3.63) is 28.8 Å². The number of carbonyl (C=O) groups excluding carboxylic acids is 1. The number of benzene rings is 1. The minimum Gasteiger partial charge on any atom is -0.461 e. The summed E-state index contributed by atoms with van der Waals surface area (Å²) in [5, 5.41) is 0.477. The van der Waals surface area contributed by atoms with E-state index in [0.717, 1.165) is 32.7 Å². The lowest BCUT2D eigenvalue weighted by atomic mass is 10.2. The lowest BCUT2D eigenvalue weighted by molar-refractivity contribution is 0.0433. The molecule has 0 unspecified atom stereocenters. The van der Waals surface area contributed by atoms with Crippen molar-refractivity contribution < 1.29 is 9.53 Å². The highest BCUT2D eigenvalue weighted by Crippen LogP contribution is 2.18. The molecule has 1 fully saturated rings. The first-order valence-electron chi connectivity index (χ1n) is 6.69. The van der Waals surface area contributed by atoms with Gasteiger partial charge in [0.1, 0.15) is 6.61 Å². The third kappa shape index (κ3) is 4.10. The summed E-state index contributed by atoms with van der Waals surface area (Å²) < 4.78 is 5.26. The van der Waals surface area contributed by atoms with E-state index in [0.29, 0.717) is 22.9 Å². The van der Waals surface area contributed by atoms with Gasteiger partial charge in [-0.3, -0.25) is 4.90 Å². The topological polar surface area (TPSA) is 58.8 Å². The van der Waals surface area contributed by atoms with Gasteiger partial charge in [-0.1, -0.05) is 11.6 Å². The Labute approximate surface area is 124 Å². The van der Waals surface area contributed by atoms with E-state index in [2.05, 4.69) is 16.8 Å². The molecule has 1 aromatic carbocycles. The molecule has 1 heterocycles. The summed E-state index contributed by atoms with van der Waals surface area (Å²) in [6.07, 6.45) is 0. The molecule has 0 amide bonds. The molecule has 20 heavy (non-hydrogen) atoms. The summed E-state index contributed by atoms with van der Waals surface area (Å²) in [6, 6.07) is 4.80. The number of likely N-dealkylation sites (N-methyl/N-ethyl adjacent to an activating group) is 1. The third-order valence-corrected chi connectivity index (χ3v) is 3.71. The average Bonchev–Trinajstić information content (AvgIpc) is 2.43. The van der Waals surface area contributed by atoms with Crippen LogP contribution in [-0.4, -0.2) is 62.1 Å². The predicted molar refractivity (Wildman–Crippen MR) is 80.1 cm³/mol. The molecule has 6 heteroatoms. The molecule has 0 aliphatic carbocycles. The van der Waals surface area contributed by atoms with Crippen molar-refractivity contribution in [2.75, 3.05) is 52.1 Å². The van der Waals surface area contributed by atoms with Crippen molar-refractivity contribution in [3.63, 3.8) is 0 Å². The number of nitrogens with zero attached hydrogens (tertiary/aromatic N) is 2. The van der Waals surface area contributed by atoms with Crippen LogP contribution in [0.3, 0.4) is 0 Å². The molecule has 1 aliphatic heterocycles. The number of nitrogens with two attached hydrogens (primary N) is 1. The Balaban J connectivity index is 1.79. The number of piperazine rings is 1. The lowest BCUT2D eigenvalue weighted by Crippen LogP contribution is -2.45. The van der Waals surface area contributed by atoms with Crippen LogP contribution in [-0.2, 0) is 4.74 Å². The van der Waals surface area contributed by atoms with Crippen LogP contribution in [0.4, 0.5) is 5.69 Å². The van der Waals surface area contributed by atoms with E-state index in [1.54, 1.807) is 12.1 Å². The maximum Gasteiger partial charge on any atom is 0.340 e. The van der Waals surface area contributed by atoms with Crippen LogP contribution >= 0.6 is 11.6 Å². The number of carbonyl (C=O) groups is 1. The van der Waals surface area contributed by atoms with Gasteiger partial charge in [0.15, 0.2) is 0 Å². The Morgan fingerprint density at radius 2 is 2.05 bits per heavy atom. The van der Waals surface area contributed by atoms with Gasteiger partial charge in [0.2, 0.25) is 0 Å². The number of hydrogen-bond acceptors (Lipinski definition) is 5. The molecule has 5 nitrogen and oxygen atoms in total. The fourth-order valence-corrected chi connectivity index (χ4v) is 2.29. The van der Waals surface area contributed by atoms with E-state index < -0.39 is 5.97 Å². The lowest BCUT2D eigenvalue weighted by Gasteiger charge is -2.32. The zero-order valence-electron chi connectivity index (χ0n) is 11.6. The van der Waals surface area contributed by atoms with Gasteiger partial charge in [-0.15, -0.1) is 0 Å². The van der Waals surface area contributed by atoms with Crippen molar-refractivity contribution >= 4 is 23.3 Å². The van der Waals surface area contributed by atoms with Crippen molar-refractivity contribution in [2.24, 2.45) is 0 Å². The first-order valence-corrected chi connectivity index (χ1v) is 7.07. The summed E-state index contributed by atoms with van der Waals surface area (Å²) in [4.78, 5) is 16.5. The number of nitrogen functional groups attached to an aromatic ring is 1. The second-order valence-electron chi connectivity index (χ2n) is 5.01. The second kappa shape index (κ2) is 6.92. The van der Waals surface area contributed by atoms with E-state index in [1.807, 2.05) is 0 Å². The fraction of sp³-hybridized carbons (Fsp3) is 0.500. The molecule has 1 aromatic rings. The Bertz CT molecular complexity index is 473. The van der Waals surface area contributed by atoms with Crippen LogP contribution < -0.4 is 5.73 Å². The molecule has 0 bridgehead atoms. The SMILES string of the molecule is CN1CCN(CCOC(=O)c2cc(Cl)ccc2N)CC1. The van der Waals surface area contributed by atoms with Crippen LogP contribution in [0.25, 0.3) is 0 Å². The Morgan fingerprint density at radius 1 is 1.35 bits per heavy atom. The Morgan fingerprint density at radius 3 is 2.75 bits per heavy atom. The molecular formula is C14H20ClN3O2. The molecule has 1 aliphatic rings. The summed E-state index contributed by atoms with van der Waals surface area (Å²) in [5.41, 5.74) is 6.46. The molecule has 2 N–H and O–H groups in total. The summed E-state index contributed by atoms with van der Waals surface area (Å²) >= 11 is 5.85. The standard InChI is InChI=1S/C14H20ClN3O2/c1-17-4-6-18(7-5-17)8-9-20-14(19)12-10-11(15)2-3-13(12)16/h2-3,10H,4-9,16H2,1H3. The van der Waals surface area contributed by atoms with Gasteiger partial charge in [-0.05, 0) is 25.2 Å². The minimum absolute atomic E-state index is 0.330. The normalized spacial score (nSPS) is 17.1. The predicted octanol–water partition coefficient (Wildman–Crippen LogP) is 1.33. The number of ether oxygens (including phenoxy) is 1. The smallest absolute Gasteiger partial charge is 0.340 e.